The van der Waals surface area contributed by atoms with Crippen molar-refractivity contribution in [2.75, 3.05) is 7.11 Å². The lowest BCUT2D eigenvalue weighted by atomic mass is 9.97. The van der Waals surface area contributed by atoms with E-state index in [9.17, 15) is 0 Å². The van der Waals surface area contributed by atoms with E-state index in [1.165, 1.54) is 5.56 Å². The van der Waals surface area contributed by atoms with E-state index in [2.05, 4.69) is 59.8 Å². The molecular formula is C23H17ClINO. The molecule has 0 saturated carbocycles. The maximum Gasteiger partial charge on any atom is 0.118 e. The van der Waals surface area contributed by atoms with E-state index >= 15 is 0 Å². The summed E-state index contributed by atoms with van der Waals surface area (Å²) in [7, 11) is 1.68. The zero-order valence-electron chi connectivity index (χ0n) is 15.0. The third-order valence-electron chi connectivity index (χ3n) is 4.65. The molecule has 0 aliphatic heterocycles. The molecular weight excluding hydrogens is 469 g/mol. The molecule has 0 N–H and O–H groups in total. The molecule has 134 valence electrons. The van der Waals surface area contributed by atoms with E-state index in [0.29, 0.717) is 0 Å². The minimum absolute atomic E-state index is 0.723. The number of pyridine rings is 1. The molecule has 0 fully saturated rings. The molecule has 3 aromatic carbocycles. The largest absolute Gasteiger partial charge is 0.497 e. The number of aromatic nitrogens is 1. The molecule has 0 atom stereocenters. The SMILES string of the molecule is COc1ccc(-c2c(I)c(-c3ccc(Cl)cc3)nc3c(C)cccc23)cc1. The number of methoxy groups -OCH3 is 1. The fraction of sp³-hybridized carbons (Fsp3) is 0.0870. The van der Waals surface area contributed by atoms with Crippen LogP contribution in [0, 0.1) is 10.5 Å². The molecule has 0 bridgehead atoms. The third kappa shape index (κ3) is 3.42. The highest BCUT2D eigenvalue weighted by atomic mass is 127. The van der Waals surface area contributed by atoms with Gasteiger partial charge >= 0.3 is 0 Å². The molecule has 0 aliphatic rings. The van der Waals surface area contributed by atoms with Gasteiger partial charge in [-0.3, -0.25) is 0 Å². The van der Waals surface area contributed by atoms with Gasteiger partial charge in [-0.1, -0.05) is 54.1 Å². The highest BCUT2D eigenvalue weighted by Crippen LogP contribution is 2.39. The maximum atomic E-state index is 6.08. The number of fused-ring (bicyclic) bond motifs is 1. The summed E-state index contributed by atoms with van der Waals surface area (Å²) in [4.78, 5) is 5.02. The zero-order chi connectivity index (χ0) is 19.0. The van der Waals surface area contributed by atoms with Gasteiger partial charge in [0.15, 0.2) is 0 Å². The van der Waals surface area contributed by atoms with Gasteiger partial charge in [0.1, 0.15) is 5.75 Å². The van der Waals surface area contributed by atoms with Crippen molar-refractivity contribution in [3.8, 4) is 28.1 Å². The summed E-state index contributed by atoms with van der Waals surface area (Å²) in [5.41, 5.74) is 6.55. The van der Waals surface area contributed by atoms with Crippen molar-refractivity contribution in [1.29, 1.82) is 0 Å². The zero-order valence-corrected chi connectivity index (χ0v) is 17.9. The van der Waals surface area contributed by atoms with E-state index in [0.717, 1.165) is 47.6 Å². The predicted octanol–water partition coefficient (Wildman–Crippen LogP) is 7.14. The topological polar surface area (TPSA) is 22.1 Å². The Morgan fingerprint density at radius 3 is 2.22 bits per heavy atom. The van der Waals surface area contributed by atoms with Crippen LogP contribution >= 0.6 is 34.2 Å². The van der Waals surface area contributed by atoms with Crippen molar-refractivity contribution in [3.63, 3.8) is 0 Å². The summed E-state index contributed by atoms with van der Waals surface area (Å²) in [6.45, 7) is 2.10. The molecule has 27 heavy (non-hydrogen) atoms. The van der Waals surface area contributed by atoms with E-state index < -0.39 is 0 Å². The molecule has 0 unspecified atom stereocenters. The number of rotatable bonds is 3. The minimum atomic E-state index is 0.723. The van der Waals surface area contributed by atoms with Crippen LogP contribution in [0.4, 0.5) is 0 Å². The first-order valence-corrected chi connectivity index (χ1v) is 10.0. The van der Waals surface area contributed by atoms with Gasteiger partial charge < -0.3 is 4.74 Å². The standard InChI is InChI=1S/C23H17ClINO/c1-14-4-3-5-19-20(15-8-12-18(27-2)13-9-15)21(25)23(26-22(14)19)16-6-10-17(24)11-7-16/h3-13H,1-2H3. The van der Waals surface area contributed by atoms with Gasteiger partial charge in [0, 0.05) is 25.1 Å². The second-order valence-electron chi connectivity index (χ2n) is 6.36. The van der Waals surface area contributed by atoms with Gasteiger partial charge in [0.25, 0.3) is 0 Å². The fourth-order valence-electron chi connectivity index (χ4n) is 3.25. The second kappa shape index (κ2) is 7.49. The van der Waals surface area contributed by atoms with Crippen molar-refractivity contribution in [2.24, 2.45) is 0 Å². The van der Waals surface area contributed by atoms with Crippen molar-refractivity contribution in [2.45, 2.75) is 6.92 Å². The summed E-state index contributed by atoms with van der Waals surface area (Å²) >= 11 is 8.49. The summed E-state index contributed by atoms with van der Waals surface area (Å²) in [6.07, 6.45) is 0. The lowest BCUT2D eigenvalue weighted by Gasteiger charge is -2.15. The predicted molar refractivity (Wildman–Crippen MR) is 122 cm³/mol. The monoisotopic (exact) mass is 485 g/mol. The van der Waals surface area contributed by atoms with E-state index in [4.69, 9.17) is 21.3 Å². The van der Waals surface area contributed by atoms with Crippen LogP contribution in [0.5, 0.6) is 5.75 Å². The third-order valence-corrected chi connectivity index (χ3v) is 5.96. The Labute approximate surface area is 177 Å². The van der Waals surface area contributed by atoms with Crippen molar-refractivity contribution in [1.82, 2.24) is 4.98 Å². The number of ether oxygens (including phenoxy) is 1. The first-order chi connectivity index (χ1) is 13.1. The van der Waals surface area contributed by atoms with Gasteiger partial charge in [0.2, 0.25) is 0 Å². The van der Waals surface area contributed by atoms with Crippen molar-refractivity contribution >= 4 is 45.1 Å². The molecule has 4 aromatic rings. The van der Waals surface area contributed by atoms with Gasteiger partial charge in [-0.15, -0.1) is 0 Å². The summed E-state index contributed by atoms with van der Waals surface area (Å²) in [5.74, 6) is 0.848. The molecule has 4 rings (SSSR count). The highest BCUT2D eigenvalue weighted by Gasteiger charge is 2.17. The number of benzene rings is 3. The minimum Gasteiger partial charge on any atom is -0.497 e. The lowest BCUT2D eigenvalue weighted by Crippen LogP contribution is -1.97. The van der Waals surface area contributed by atoms with Crippen LogP contribution in [-0.4, -0.2) is 12.1 Å². The normalized spacial score (nSPS) is 11.0. The highest BCUT2D eigenvalue weighted by molar-refractivity contribution is 14.1. The number of hydrogen-bond acceptors (Lipinski definition) is 2. The van der Waals surface area contributed by atoms with Gasteiger partial charge in [0.05, 0.1) is 18.3 Å². The summed E-state index contributed by atoms with van der Waals surface area (Å²) in [5, 5.41) is 1.88. The van der Waals surface area contributed by atoms with Gasteiger partial charge in [-0.2, -0.15) is 0 Å². The number of aryl methyl sites for hydroxylation is 1. The average molecular weight is 486 g/mol. The number of nitrogens with zero attached hydrogens (tertiary/aromatic N) is 1. The van der Waals surface area contributed by atoms with Crippen LogP contribution in [-0.2, 0) is 0 Å². The van der Waals surface area contributed by atoms with Crippen LogP contribution in [0.2, 0.25) is 5.02 Å². The summed E-state index contributed by atoms with van der Waals surface area (Å²) in [6, 6.07) is 22.4. The molecule has 4 heteroatoms. The van der Waals surface area contributed by atoms with Crippen molar-refractivity contribution in [3.05, 3.63) is 80.9 Å². The molecule has 0 spiro atoms. The number of hydrogen-bond donors (Lipinski definition) is 0. The molecule has 1 heterocycles. The number of halogens is 2. The Morgan fingerprint density at radius 2 is 1.56 bits per heavy atom. The fourth-order valence-corrected chi connectivity index (χ4v) is 4.41. The van der Waals surface area contributed by atoms with E-state index in [1.807, 2.05) is 36.4 Å². The van der Waals surface area contributed by atoms with E-state index in [-0.39, 0.29) is 0 Å². The second-order valence-corrected chi connectivity index (χ2v) is 7.87. The van der Waals surface area contributed by atoms with Crippen LogP contribution < -0.4 is 4.74 Å². The molecule has 0 aliphatic carbocycles. The maximum absolute atomic E-state index is 6.08. The molecule has 2 nitrogen and oxygen atoms in total. The Morgan fingerprint density at radius 1 is 0.889 bits per heavy atom. The molecule has 0 saturated heterocycles. The van der Waals surface area contributed by atoms with Crippen LogP contribution in [0.25, 0.3) is 33.3 Å². The van der Waals surface area contributed by atoms with Gasteiger partial charge in [-0.25, -0.2) is 4.98 Å². The van der Waals surface area contributed by atoms with Gasteiger partial charge in [-0.05, 0) is 64.9 Å². The Kier molecular flexibility index (Phi) is 5.06. The first kappa shape index (κ1) is 18.3. The Bertz CT molecular complexity index is 1120. The average Bonchev–Trinajstić information content (AvgIpc) is 2.69. The summed E-state index contributed by atoms with van der Waals surface area (Å²) < 4.78 is 6.44. The Hall–Kier alpha value is -2.11. The molecule has 0 amide bonds. The number of para-hydroxylation sites is 1. The lowest BCUT2D eigenvalue weighted by molar-refractivity contribution is 0.415. The van der Waals surface area contributed by atoms with Crippen LogP contribution in [0.3, 0.4) is 0 Å². The molecule has 0 radical (unpaired) electrons. The Balaban J connectivity index is 2.04. The quantitative estimate of drug-likeness (QED) is 0.288. The smallest absolute Gasteiger partial charge is 0.118 e. The van der Waals surface area contributed by atoms with E-state index in [1.54, 1.807) is 7.11 Å². The van der Waals surface area contributed by atoms with Crippen molar-refractivity contribution < 1.29 is 4.74 Å². The first-order valence-electron chi connectivity index (χ1n) is 8.57. The molecule has 1 aromatic heterocycles. The van der Waals surface area contributed by atoms with Crippen LogP contribution in [0.1, 0.15) is 5.56 Å². The van der Waals surface area contributed by atoms with Crippen LogP contribution in [0.15, 0.2) is 66.7 Å².